The number of likely N-dealkylation sites (tertiary alicyclic amines) is 1. The van der Waals surface area contributed by atoms with Crippen molar-refractivity contribution in [3.63, 3.8) is 0 Å². The Morgan fingerprint density at radius 3 is 2.38 bits per heavy atom. The van der Waals surface area contributed by atoms with Crippen LogP contribution in [-0.2, 0) is 9.59 Å². The highest BCUT2D eigenvalue weighted by Crippen LogP contribution is 2.38. The van der Waals surface area contributed by atoms with Crippen LogP contribution in [0.5, 0.6) is 0 Å². The fourth-order valence-electron chi connectivity index (χ4n) is 3.09. The minimum absolute atomic E-state index is 0.0150. The van der Waals surface area contributed by atoms with Crippen LogP contribution in [0.25, 0.3) is 5.76 Å². The summed E-state index contributed by atoms with van der Waals surface area (Å²) in [5, 5.41) is 13.0. The molecule has 2 aromatic rings. The van der Waals surface area contributed by atoms with Crippen LogP contribution in [0.4, 0.5) is 0 Å². The molecule has 3 rings (SSSR count). The summed E-state index contributed by atoms with van der Waals surface area (Å²) in [4.78, 5) is 31.9. The number of nitrogens with one attached hydrogen (secondary N) is 1. The number of pyridine rings is 1. The normalized spacial score (nSPS) is 19.3. The SMILES string of the molecule is C[NH+](C)CCN1C(=O)C(=O)C(=C([O-])c2ccncc2)C1c1ccccc1. The number of benzene rings is 1. The summed E-state index contributed by atoms with van der Waals surface area (Å²) in [5.41, 5.74) is 1.14. The average Bonchev–Trinajstić information content (AvgIpc) is 2.91. The number of quaternary nitrogens is 1. The first-order chi connectivity index (χ1) is 12.5. The van der Waals surface area contributed by atoms with Gasteiger partial charge in [-0.3, -0.25) is 14.6 Å². The highest BCUT2D eigenvalue weighted by molar-refractivity contribution is 6.46. The van der Waals surface area contributed by atoms with E-state index in [-0.39, 0.29) is 5.57 Å². The van der Waals surface area contributed by atoms with Gasteiger partial charge in [0.1, 0.15) is 0 Å². The number of aromatic nitrogens is 1. The van der Waals surface area contributed by atoms with Gasteiger partial charge in [0.25, 0.3) is 5.91 Å². The molecule has 1 aliphatic heterocycles. The fourth-order valence-corrected chi connectivity index (χ4v) is 3.09. The van der Waals surface area contributed by atoms with Gasteiger partial charge in [-0.05, 0) is 23.3 Å². The molecular formula is C20H21N3O3. The van der Waals surface area contributed by atoms with Crippen LogP contribution in [0.3, 0.4) is 0 Å². The number of Topliss-reactive ketones (excluding diaryl/α,β-unsaturated/α-hetero) is 1. The third-order valence-corrected chi connectivity index (χ3v) is 4.44. The number of nitrogens with zero attached hydrogens (tertiary/aromatic N) is 2. The monoisotopic (exact) mass is 351 g/mol. The van der Waals surface area contributed by atoms with Crippen molar-refractivity contribution < 1.29 is 19.6 Å². The topological polar surface area (TPSA) is 77.8 Å². The van der Waals surface area contributed by atoms with Crippen LogP contribution in [0, 0.1) is 0 Å². The summed E-state index contributed by atoms with van der Waals surface area (Å²) >= 11 is 0. The molecule has 0 radical (unpaired) electrons. The molecule has 1 aliphatic rings. The Morgan fingerprint density at radius 2 is 1.77 bits per heavy atom. The van der Waals surface area contributed by atoms with Crippen LogP contribution in [0.2, 0.25) is 0 Å². The number of rotatable bonds is 5. The van der Waals surface area contributed by atoms with E-state index in [9.17, 15) is 14.7 Å². The molecule has 0 bridgehead atoms. The summed E-state index contributed by atoms with van der Waals surface area (Å²) in [6, 6.07) is 11.7. The molecule has 1 aromatic heterocycles. The summed E-state index contributed by atoms with van der Waals surface area (Å²) in [6.07, 6.45) is 3.00. The van der Waals surface area contributed by atoms with Gasteiger partial charge in [-0.25, -0.2) is 0 Å². The second-order valence-electron chi connectivity index (χ2n) is 6.58. The zero-order valence-electron chi connectivity index (χ0n) is 14.8. The lowest BCUT2D eigenvalue weighted by molar-refractivity contribution is -0.857. The van der Waals surface area contributed by atoms with Crippen molar-refractivity contribution in [3.05, 3.63) is 71.6 Å². The predicted molar refractivity (Wildman–Crippen MR) is 94.7 cm³/mol. The van der Waals surface area contributed by atoms with Gasteiger partial charge in [0.2, 0.25) is 5.78 Å². The Morgan fingerprint density at radius 1 is 1.12 bits per heavy atom. The van der Waals surface area contributed by atoms with Crippen molar-refractivity contribution in [2.45, 2.75) is 6.04 Å². The summed E-state index contributed by atoms with van der Waals surface area (Å²) < 4.78 is 0. The molecule has 1 aromatic carbocycles. The van der Waals surface area contributed by atoms with E-state index in [1.54, 1.807) is 12.1 Å². The van der Waals surface area contributed by atoms with Gasteiger partial charge in [-0.2, -0.15) is 0 Å². The van der Waals surface area contributed by atoms with E-state index in [1.165, 1.54) is 17.3 Å². The largest absolute Gasteiger partial charge is 0.872 e. The van der Waals surface area contributed by atoms with Crippen LogP contribution in [-0.4, -0.2) is 48.8 Å². The van der Waals surface area contributed by atoms with Crippen LogP contribution in [0.1, 0.15) is 17.2 Å². The highest BCUT2D eigenvalue weighted by atomic mass is 16.3. The summed E-state index contributed by atoms with van der Waals surface area (Å²) in [7, 11) is 3.96. The Hall–Kier alpha value is -2.99. The van der Waals surface area contributed by atoms with Crippen molar-refractivity contribution in [2.24, 2.45) is 0 Å². The number of hydrogen-bond donors (Lipinski definition) is 1. The molecule has 1 N–H and O–H groups in total. The van der Waals surface area contributed by atoms with Crippen LogP contribution < -0.4 is 10.0 Å². The average molecular weight is 351 g/mol. The second-order valence-corrected chi connectivity index (χ2v) is 6.58. The van der Waals surface area contributed by atoms with Gasteiger partial charge < -0.3 is 14.9 Å². The minimum atomic E-state index is -0.713. The predicted octanol–water partition coefficient (Wildman–Crippen LogP) is -0.550. The molecule has 6 heteroatoms. The second kappa shape index (κ2) is 7.49. The number of carbonyl (C=O) groups is 2. The van der Waals surface area contributed by atoms with Gasteiger partial charge in [-0.15, -0.1) is 0 Å². The van der Waals surface area contributed by atoms with Gasteiger partial charge in [0.05, 0.1) is 33.2 Å². The molecule has 1 unspecified atom stereocenters. The zero-order valence-corrected chi connectivity index (χ0v) is 14.8. The number of carbonyl (C=O) groups excluding carboxylic acids is 2. The van der Waals surface area contributed by atoms with Gasteiger partial charge in [0.15, 0.2) is 0 Å². The first-order valence-corrected chi connectivity index (χ1v) is 8.51. The Bertz CT molecular complexity index is 832. The van der Waals surface area contributed by atoms with Gasteiger partial charge in [-0.1, -0.05) is 36.1 Å². The molecule has 1 fully saturated rings. The molecule has 26 heavy (non-hydrogen) atoms. The quantitative estimate of drug-likeness (QED) is 0.445. The van der Waals surface area contributed by atoms with Crippen molar-refractivity contribution >= 4 is 17.4 Å². The lowest BCUT2D eigenvalue weighted by Gasteiger charge is -2.27. The number of likely N-dealkylation sites (N-methyl/N-ethyl adjacent to an activating group) is 1. The number of ketones is 1. The van der Waals surface area contributed by atoms with Crippen molar-refractivity contribution in [2.75, 3.05) is 27.2 Å². The van der Waals surface area contributed by atoms with Crippen LogP contribution in [0.15, 0.2) is 60.4 Å². The van der Waals surface area contributed by atoms with E-state index in [2.05, 4.69) is 4.98 Å². The molecule has 0 aliphatic carbocycles. The van der Waals surface area contributed by atoms with E-state index in [0.717, 1.165) is 10.5 Å². The van der Waals surface area contributed by atoms with Crippen molar-refractivity contribution in [1.82, 2.24) is 9.88 Å². The van der Waals surface area contributed by atoms with Gasteiger partial charge in [0, 0.05) is 18.0 Å². The van der Waals surface area contributed by atoms with Gasteiger partial charge >= 0.3 is 0 Å². The molecule has 1 atom stereocenters. The number of hydrogen-bond acceptors (Lipinski definition) is 4. The van der Waals surface area contributed by atoms with Crippen molar-refractivity contribution in [3.8, 4) is 0 Å². The third kappa shape index (κ3) is 3.36. The standard InChI is InChI=1S/C20H21N3O3/c1-22(2)12-13-23-17(14-6-4-3-5-7-14)16(19(25)20(23)26)18(24)15-8-10-21-11-9-15/h3-11,17,24H,12-13H2,1-2H3. The Labute approximate surface area is 152 Å². The maximum atomic E-state index is 13.0. The maximum absolute atomic E-state index is 13.0. The van der Waals surface area contributed by atoms with E-state index >= 15 is 0 Å². The molecule has 0 saturated carbocycles. The first kappa shape index (κ1) is 17.8. The molecule has 1 saturated heterocycles. The zero-order chi connectivity index (χ0) is 18.7. The molecule has 2 heterocycles. The summed E-state index contributed by atoms with van der Waals surface area (Å²) in [5.74, 6) is -1.74. The number of amides is 1. The first-order valence-electron chi connectivity index (χ1n) is 8.51. The van der Waals surface area contributed by atoms with E-state index in [0.29, 0.717) is 18.7 Å². The lowest BCUT2D eigenvalue weighted by Crippen LogP contribution is -3.06. The minimum Gasteiger partial charge on any atom is -0.872 e. The highest BCUT2D eigenvalue weighted by Gasteiger charge is 2.44. The summed E-state index contributed by atoms with van der Waals surface area (Å²) in [6.45, 7) is 1.08. The molecule has 6 nitrogen and oxygen atoms in total. The molecule has 134 valence electrons. The van der Waals surface area contributed by atoms with E-state index in [4.69, 9.17) is 0 Å². The smallest absolute Gasteiger partial charge is 0.295 e. The fraction of sp³-hybridized carbons (Fsp3) is 0.250. The lowest BCUT2D eigenvalue weighted by atomic mass is 9.95. The van der Waals surface area contributed by atoms with Crippen LogP contribution >= 0.6 is 0 Å². The Balaban J connectivity index is 2.12. The van der Waals surface area contributed by atoms with Crippen molar-refractivity contribution in [1.29, 1.82) is 0 Å². The Kier molecular flexibility index (Phi) is 5.14. The third-order valence-electron chi connectivity index (χ3n) is 4.44. The molecule has 1 amide bonds. The molecule has 0 spiro atoms. The van der Waals surface area contributed by atoms with E-state index < -0.39 is 23.5 Å². The molecular weight excluding hydrogens is 330 g/mol. The van der Waals surface area contributed by atoms with E-state index in [1.807, 2.05) is 44.4 Å². The maximum Gasteiger partial charge on any atom is 0.295 e.